The van der Waals surface area contributed by atoms with E-state index in [4.69, 9.17) is 5.11 Å². The molecule has 1 aliphatic heterocycles. The molecule has 0 aromatic carbocycles. The molecule has 86 valence electrons. The van der Waals surface area contributed by atoms with E-state index in [0.717, 1.165) is 6.42 Å². The van der Waals surface area contributed by atoms with Gasteiger partial charge in [0.1, 0.15) is 0 Å². The van der Waals surface area contributed by atoms with E-state index in [1.165, 1.54) is 4.90 Å². The number of carbonyl (C=O) groups excluding carboxylic acids is 2. The lowest BCUT2D eigenvalue weighted by atomic mass is 10.2. The molecule has 5 heteroatoms. The molecule has 1 N–H and O–H groups in total. The van der Waals surface area contributed by atoms with Crippen LogP contribution in [0.2, 0.25) is 0 Å². The predicted octanol–water partition coefficient (Wildman–Crippen LogP) is -0.552. The smallest absolute Gasteiger partial charge is 0.242 e. The molecule has 1 heterocycles. The number of hydrogen-bond donors (Lipinski definition) is 1. The molecule has 2 amide bonds. The number of amides is 2. The van der Waals surface area contributed by atoms with E-state index in [-0.39, 0.29) is 31.4 Å². The Kier molecular flexibility index (Phi) is 4.08. The van der Waals surface area contributed by atoms with Gasteiger partial charge in [0.2, 0.25) is 11.8 Å². The molecule has 1 aliphatic rings. The maximum atomic E-state index is 11.6. The van der Waals surface area contributed by atoms with Gasteiger partial charge in [0.25, 0.3) is 0 Å². The van der Waals surface area contributed by atoms with Crippen LogP contribution in [0.5, 0.6) is 0 Å². The summed E-state index contributed by atoms with van der Waals surface area (Å²) >= 11 is 0. The van der Waals surface area contributed by atoms with E-state index in [2.05, 4.69) is 0 Å². The number of hydrogen-bond acceptors (Lipinski definition) is 3. The molecule has 1 rings (SSSR count). The summed E-state index contributed by atoms with van der Waals surface area (Å²) < 4.78 is 0. The van der Waals surface area contributed by atoms with Crippen molar-refractivity contribution in [2.24, 2.45) is 0 Å². The molecular weight excluding hydrogens is 196 g/mol. The van der Waals surface area contributed by atoms with Gasteiger partial charge in [0, 0.05) is 13.1 Å². The molecule has 0 bridgehead atoms. The Morgan fingerprint density at radius 3 is 2.33 bits per heavy atom. The number of β-amino-alcohol motifs (C(OH)–C–C–N with tert-alkyl or cyclic N) is 1. The number of aliphatic hydroxyl groups is 1. The van der Waals surface area contributed by atoms with Crippen molar-refractivity contribution in [2.75, 3.05) is 26.2 Å². The van der Waals surface area contributed by atoms with Crippen LogP contribution in [0.4, 0.5) is 0 Å². The summed E-state index contributed by atoms with van der Waals surface area (Å²) in [6.45, 7) is 4.71. The molecule has 0 saturated carbocycles. The first-order valence-electron chi connectivity index (χ1n) is 5.28. The highest BCUT2D eigenvalue weighted by Crippen LogP contribution is 2.06. The Bertz CT molecular complexity index is 253. The Balaban J connectivity index is 2.55. The summed E-state index contributed by atoms with van der Waals surface area (Å²) in [4.78, 5) is 26.1. The zero-order valence-electron chi connectivity index (χ0n) is 9.27. The van der Waals surface area contributed by atoms with Gasteiger partial charge in [-0.15, -0.1) is 0 Å². The van der Waals surface area contributed by atoms with Crippen molar-refractivity contribution in [3.63, 3.8) is 0 Å². The van der Waals surface area contributed by atoms with Crippen molar-refractivity contribution in [1.29, 1.82) is 0 Å². The van der Waals surface area contributed by atoms with Gasteiger partial charge in [-0.05, 0) is 13.3 Å². The first-order valence-corrected chi connectivity index (χ1v) is 5.28. The van der Waals surface area contributed by atoms with Crippen molar-refractivity contribution < 1.29 is 14.7 Å². The Hall–Kier alpha value is -1.10. The Labute approximate surface area is 89.7 Å². The first-order chi connectivity index (χ1) is 7.04. The minimum absolute atomic E-state index is 0.0305. The van der Waals surface area contributed by atoms with E-state index >= 15 is 0 Å². The fourth-order valence-electron chi connectivity index (χ4n) is 1.66. The Morgan fingerprint density at radius 1 is 1.27 bits per heavy atom. The highest BCUT2D eigenvalue weighted by atomic mass is 16.3. The normalized spacial score (nSPS) is 19.7. The first kappa shape index (κ1) is 12.0. The second kappa shape index (κ2) is 5.11. The lowest BCUT2D eigenvalue weighted by molar-refractivity contribution is -0.151. The fourth-order valence-corrected chi connectivity index (χ4v) is 1.66. The topological polar surface area (TPSA) is 60.9 Å². The van der Waals surface area contributed by atoms with E-state index in [0.29, 0.717) is 6.54 Å². The number of carbonyl (C=O) groups is 2. The van der Waals surface area contributed by atoms with Crippen LogP contribution in [0, 0.1) is 0 Å². The molecule has 0 aliphatic carbocycles. The maximum Gasteiger partial charge on any atom is 0.242 e. The molecular formula is C10H18N2O3. The van der Waals surface area contributed by atoms with Crippen LogP contribution in [0.1, 0.15) is 20.3 Å². The molecule has 1 fully saturated rings. The summed E-state index contributed by atoms with van der Waals surface area (Å²) in [6, 6.07) is 0. The van der Waals surface area contributed by atoms with Crippen LogP contribution in [-0.4, -0.2) is 59.0 Å². The molecule has 15 heavy (non-hydrogen) atoms. The third kappa shape index (κ3) is 3.20. The molecule has 0 aromatic heterocycles. The number of piperazine rings is 1. The summed E-state index contributed by atoms with van der Waals surface area (Å²) in [5, 5.41) is 9.16. The number of aliphatic hydroxyl groups excluding tert-OH is 1. The van der Waals surface area contributed by atoms with Gasteiger partial charge in [-0.1, -0.05) is 6.92 Å². The molecule has 1 atom stereocenters. The largest absolute Gasteiger partial charge is 0.392 e. The predicted molar refractivity (Wildman–Crippen MR) is 55.1 cm³/mol. The summed E-state index contributed by atoms with van der Waals surface area (Å²) in [5.74, 6) is -0.110. The van der Waals surface area contributed by atoms with Gasteiger partial charge in [-0.25, -0.2) is 0 Å². The number of nitrogens with zero attached hydrogens (tertiary/aromatic N) is 2. The molecule has 0 spiro atoms. The third-order valence-corrected chi connectivity index (χ3v) is 2.34. The van der Waals surface area contributed by atoms with Crippen LogP contribution < -0.4 is 0 Å². The van der Waals surface area contributed by atoms with Crippen molar-refractivity contribution >= 4 is 11.8 Å². The quantitative estimate of drug-likeness (QED) is 0.683. The second-order valence-corrected chi connectivity index (χ2v) is 3.94. The van der Waals surface area contributed by atoms with E-state index < -0.39 is 6.10 Å². The second-order valence-electron chi connectivity index (χ2n) is 3.94. The molecule has 0 aromatic rings. The molecule has 0 radical (unpaired) electrons. The standard InChI is InChI=1S/C10H18N2O3/c1-3-4-11-6-10(15)12(5-8(2)13)7-9(11)14/h8,13H,3-7H2,1-2H3/t8-/m0/s1. The van der Waals surface area contributed by atoms with Crippen molar-refractivity contribution in [3.8, 4) is 0 Å². The zero-order chi connectivity index (χ0) is 11.4. The zero-order valence-corrected chi connectivity index (χ0v) is 9.27. The van der Waals surface area contributed by atoms with E-state index in [9.17, 15) is 9.59 Å². The van der Waals surface area contributed by atoms with Crippen molar-refractivity contribution in [2.45, 2.75) is 26.4 Å². The van der Waals surface area contributed by atoms with Crippen LogP contribution in [0.25, 0.3) is 0 Å². The minimum Gasteiger partial charge on any atom is -0.392 e. The lowest BCUT2D eigenvalue weighted by Gasteiger charge is -2.34. The minimum atomic E-state index is -0.584. The van der Waals surface area contributed by atoms with Gasteiger partial charge >= 0.3 is 0 Å². The summed E-state index contributed by atoms with van der Waals surface area (Å²) in [7, 11) is 0. The average molecular weight is 214 g/mol. The van der Waals surface area contributed by atoms with Gasteiger partial charge in [0.05, 0.1) is 19.2 Å². The Morgan fingerprint density at radius 2 is 1.80 bits per heavy atom. The lowest BCUT2D eigenvalue weighted by Crippen LogP contribution is -2.55. The van der Waals surface area contributed by atoms with Crippen LogP contribution in [0.3, 0.4) is 0 Å². The van der Waals surface area contributed by atoms with Gasteiger partial charge < -0.3 is 14.9 Å². The van der Waals surface area contributed by atoms with Crippen LogP contribution >= 0.6 is 0 Å². The molecule has 5 nitrogen and oxygen atoms in total. The summed E-state index contributed by atoms with van der Waals surface area (Å²) in [5.41, 5.74) is 0. The highest BCUT2D eigenvalue weighted by Gasteiger charge is 2.29. The SMILES string of the molecule is CCCN1CC(=O)N(C[C@H](C)O)CC1=O. The molecule has 1 saturated heterocycles. The van der Waals surface area contributed by atoms with Crippen molar-refractivity contribution in [3.05, 3.63) is 0 Å². The van der Waals surface area contributed by atoms with E-state index in [1.54, 1.807) is 11.8 Å². The molecule has 0 unspecified atom stereocenters. The van der Waals surface area contributed by atoms with Gasteiger partial charge in [-0.2, -0.15) is 0 Å². The van der Waals surface area contributed by atoms with E-state index in [1.807, 2.05) is 6.92 Å². The monoisotopic (exact) mass is 214 g/mol. The van der Waals surface area contributed by atoms with Gasteiger partial charge in [0.15, 0.2) is 0 Å². The van der Waals surface area contributed by atoms with Crippen LogP contribution in [-0.2, 0) is 9.59 Å². The summed E-state index contributed by atoms with van der Waals surface area (Å²) in [6.07, 6.45) is 0.273. The maximum absolute atomic E-state index is 11.6. The highest BCUT2D eigenvalue weighted by molar-refractivity contribution is 5.92. The fraction of sp³-hybridized carbons (Fsp3) is 0.800. The average Bonchev–Trinajstić information content (AvgIpc) is 2.13. The van der Waals surface area contributed by atoms with Crippen molar-refractivity contribution in [1.82, 2.24) is 9.80 Å². The van der Waals surface area contributed by atoms with Crippen LogP contribution in [0.15, 0.2) is 0 Å². The van der Waals surface area contributed by atoms with Gasteiger partial charge in [-0.3, -0.25) is 9.59 Å². The number of rotatable bonds is 4. The third-order valence-electron chi connectivity index (χ3n) is 2.34.